The van der Waals surface area contributed by atoms with Crippen LogP contribution in [0, 0.1) is 0 Å². The number of hydrogen-bond donors (Lipinski definition) is 1. The quantitative estimate of drug-likeness (QED) is 0.749. The van der Waals surface area contributed by atoms with Crippen LogP contribution in [0.3, 0.4) is 0 Å². The van der Waals surface area contributed by atoms with E-state index >= 15 is 0 Å². The molecule has 1 saturated heterocycles. The molecule has 114 valence electrons. The fourth-order valence-electron chi connectivity index (χ4n) is 2.57. The van der Waals surface area contributed by atoms with Crippen molar-refractivity contribution in [2.45, 2.75) is 45.7 Å². The average molecular weight is 297 g/mol. The average Bonchev–Trinajstić information content (AvgIpc) is 3.05. The smallest absolute Gasteiger partial charge is 0.107 e. The van der Waals surface area contributed by atoms with Gasteiger partial charge in [-0.1, -0.05) is 13.8 Å². The molecule has 0 saturated carbocycles. The molecule has 1 N–H and O–H groups in total. The Morgan fingerprint density at radius 3 is 2.75 bits per heavy atom. The molecule has 2 rings (SSSR count). The highest BCUT2D eigenvalue weighted by Crippen LogP contribution is 2.26. The second-order valence-corrected chi connectivity index (χ2v) is 6.89. The van der Waals surface area contributed by atoms with Gasteiger partial charge in [0.1, 0.15) is 5.01 Å². The van der Waals surface area contributed by atoms with Gasteiger partial charge < -0.3 is 10.1 Å². The molecule has 0 bridgehead atoms. The maximum absolute atomic E-state index is 5.07. The van der Waals surface area contributed by atoms with Crippen LogP contribution < -0.4 is 5.32 Å². The molecule has 1 aromatic rings. The molecule has 20 heavy (non-hydrogen) atoms. The van der Waals surface area contributed by atoms with Crippen molar-refractivity contribution in [3.05, 3.63) is 15.6 Å². The van der Waals surface area contributed by atoms with Gasteiger partial charge in [-0.05, 0) is 31.8 Å². The van der Waals surface area contributed by atoms with Crippen molar-refractivity contribution in [1.29, 1.82) is 0 Å². The van der Waals surface area contributed by atoms with Crippen molar-refractivity contribution in [1.82, 2.24) is 15.2 Å². The Morgan fingerprint density at radius 2 is 2.10 bits per heavy atom. The minimum absolute atomic E-state index is 0.498. The van der Waals surface area contributed by atoms with E-state index in [-0.39, 0.29) is 0 Å². The number of methoxy groups -OCH3 is 1. The molecule has 0 spiro atoms. The van der Waals surface area contributed by atoms with Gasteiger partial charge in [-0.3, -0.25) is 4.90 Å². The molecule has 0 aromatic carbocycles. The third-order valence-electron chi connectivity index (χ3n) is 3.64. The fourth-order valence-corrected chi connectivity index (χ4v) is 3.80. The lowest BCUT2D eigenvalue weighted by Gasteiger charge is -2.11. The summed E-state index contributed by atoms with van der Waals surface area (Å²) in [5, 5.41) is 4.71. The zero-order valence-corrected chi connectivity index (χ0v) is 13.8. The number of aromatic nitrogens is 1. The lowest BCUT2D eigenvalue weighted by molar-refractivity contribution is 0.199. The topological polar surface area (TPSA) is 37.4 Å². The third kappa shape index (κ3) is 4.52. The second-order valence-electron chi connectivity index (χ2n) is 5.72. The van der Waals surface area contributed by atoms with E-state index in [0.29, 0.717) is 5.92 Å². The Hall–Kier alpha value is -0.490. The normalized spacial score (nSPS) is 16.4. The summed E-state index contributed by atoms with van der Waals surface area (Å²) in [6.45, 7) is 10.5. The van der Waals surface area contributed by atoms with Crippen LogP contribution in [0.4, 0.5) is 0 Å². The number of ether oxygens (including phenoxy) is 1. The van der Waals surface area contributed by atoms with E-state index in [4.69, 9.17) is 9.72 Å². The van der Waals surface area contributed by atoms with Crippen LogP contribution in [0.1, 0.15) is 48.2 Å². The van der Waals surface area contributed by atoms with Gasteiger partial charge in [0, 0.05) is 25.1 Å². The Kier molecular flexibility index (Phi) is 6.42. The molecule has 2 heterocycles. The molecule has 1 fully saturated rings. The zero-order valence-electron chi connectivity index (χ0n) is 12.9. The van der Waals surface area contributed by atoms with Crippen molar-refractivity contribution in [3.8, 4) is 0 Å². The van der Waals surface area contributed by atoms with E-state index in [9.17, 15) is 0 Å². The van der Waals surface area contributed by atoms with Crippen LogP contribution in [0.15, 0.2) is 0 Å². The summed E-state index contributed by atoms with van der Waals surface area (Å²) in [5.41, 5.74) is 1.27. The van der Waals surface area contributed by atoms with Crippen molar-refractivity contribution in [2.24, 2.45) is 0 Å². The molecular weight excluding hydrogens is 270 g/mol. The highest BCUT2D eigenvalue weighted by Gasteiger charge is 2.17. The van der Waals surface area contributed by atoms with Gasteiger partial charge >= 0.3 is 0 Å². The van der Waals surface area contributed by atoms with E-state index in [1.165, 1.54) is 41.5 Å². The largest absolute Gasteiger partial charge is 0.383 e. The molecule has 1 aliphatic heterocycles. The van der Waals surface area contributed by atoms with Crippen LogP contribution in [0.5, 0.6) is 0 Å². The van der Waals surface area contributed by atoms with E-state index in [1.807, 2.05) is 11.3 Å². The third-order valence-corrected chi connectivity index (χ3v) is 4.70. The minimum Gasteiger partial charge on any atom is -0.383 e. The summed E-state index contributed by atoms with van der Waals surface area (Å²) in [6, 6.07) is 0. The highest BCUT2D eigenvalue weighted by molar-refractivity contribution is 7.11. The van der Waals surface area contributed by atoms with Crippen LogP contribution in [-0.2, 0) is 17.8 Å². The monoisotopic (exact) mass is 297 g/mol. The molecule has 0 aliphatic carbocycles. The highest BCUT2D eigenvalue weighted by atomic mass is 32.1. The van der Waals surface area contributed by atoms with E-state index in [2.05, 4.69) is 24.1 Å². The molecule has 0 amide bonds. The Bertz CT molecular complexity index is 400. The lowest BCUT2D eigenvalue weighted by Crippen LogP contribution is -2.18. The number of nitrogens with zero attached hydrogens (tertiary/aromatic N) is 2. The maximum Gasteiger partial charge on any atom is 0.107 e. The Balaban J connectivity index is 1.95. The molecule has 5 heteroatoms. The number of nitrogens with one attached hydrogen (secondary N) is 1. The van der Waals surface area contributed by atoms with Crippen molar-refractivity contribution in [2.75, 3.05) is 33.4 Å². The van der Waals surface area contributed by atoms with Crippen molar-refractivity contribution >= 4 is 11.3 Å². The van der Waals surface area contributed by atoms with Crippen LogP contribution in [0.25, 0.3) is 0 Å². The van der Waals surface area contributed by atoms with Gasteiger partial charge in [0.2, 0.25) is 0 Å². The predicted molar refractivity (Wildman–Crippen MR) is 84.3 cm³/mol. The van der Waals surface area contributed by atoms with E-state index in [1.54, 1.807) is 7.11 Å². The minimum atomic E-state index is 0.498. The fraction of sp³-hybridized carbons (Fsp3) is 0.800. The number of hydrogen-bond acceptors (Lipinski definition) is 5. The van der Waals surface area contributed by atoms with Gasteiger partial charge in [-0.2, -0.15) is 0 Å². The Morgan fingerprint density at radius 1 is 1.35 bits per heavy atom. The van der Waals surface area contributed by atoms with Gasteiger partial charge in [-0.15, -0.1) is 11.3 Å². The predicted octanol–water partition coefficient (Wildman–Crippen LogP) is 2.60. The summed E-state index contributed by atoms with van der Waals surface area (Å²) < 4.78 is 5.07. The van der Waals surface area contributed by atoms with Gasteiger partial charge in [0.25, 0.3) is 0 Å². The maximum atomic E-state index is 5.07. The van der Waals surface area contributed by atoms with E-state index < -0.39 is 0 Å². The van der Waals surface area contributed by atoms with Crippen LogP contribution >= 0.6 is 11.3 Å². The molecule has 1 aliphatic rings. The second kappa shape index (κ2) is 8.08. The van der Waals surface area contributed by atoms with Crippen LogP contribution in [0.2, 0.25) is 0 Å². The first-order valence-corrected chi connectivity index (χ1v) is 8.43. The van der Waals surface area contributed by atoms with Crippen molar-refractivity contribution < 1.29 is 4.74 Å². The SMILES string of the molecule is COCCNCc1sc(CN2CCCC2)nc1C(C)C. The lowest BCUT2D eigenvalue weighted by atomic mass is 10.1. The zero-order chi connectivity index (χ0) is 14.4. The molecule has 0 atom stereocenters. The molecule has 0 radical (unpaired) electrons. The van der Waals surface area contributed by atoms with Gasteiger partial charge in [0.05, 0.1) is 18.8 Å². The summed E-state index contributed by atoms with van der Waals surface area (Å²) in [4.78, 5) is 8.79. The van der Waals surface area contributed by atoms with Gasteiger partial charge in [-0.25, -0.2) is 4.98 Å². The number of rotatable bonds is 8. The Labute approximate surface area is 126 Å². The van der Waals surface area contributed by atoms with Gasteiger partial charge in [0.15, 0.2) is 0 Å². The first-order chi connectivity index (χ1) is 9.70. The van der Waals surface area contributed by atoms with Crippen molar-refractivity contribution in [3.63, 3.8) is 0 Å². The summed E-state index contributed by atoms with van der Waals surface area (Å²) in [6.07, 6.45) is 2.68. The molecule has 4 nitrogen and oxygen atoms in total. The summed E-state index contributed by atoms with van der Waals surface area (Å²) in [5.74, 6) is 0.498. The first-order valence-electron chi connectivity index (χ1n) is 7.61. The molecule has 0 unspecified atom stereocenters. The molecular formula is C15H27N3OS. The summed E-state index contributed by atoms with van der Waals surface area (Å²) in [7, 11) is 1.74. The first kappa shape index (κ1) is 15.9. The van der Waals surface area contributed by atoms with Crippen LogP contribution in [-0.4, -0.2) is 43.2 Å². The standard InChI is InChI=1S/C15H27N3OS/c1-12(2)15-13(10-16-6-9-19-3)20-14(17-15)11-18-7-4-5-8-18/h12,16H,4-11H2,1-3H3. The molecule has 1 aromatic heterocycles. The van der Waals surface area contributed by atoms with E-state index in [0.717, 1.165) is 26.2 Å². The number of thiazole rings is 1. The summed E-state index contributed by atoms with van der Waals surface area (Å²) >= 11 is 1.88. The number of likely N-dealkylation sites (tertiary alicyclic amines) is 1.